The molecule has 2 aromatic carbocycles. The lowest BCUT2D eigenvalue weighted by molar-refractivity contribution is -0.162. The molecule has 2 aliphatic rings. The molecule has 0 amide bonds. The SMILES string of the molecule is C#CCC(CC#C)C(=O)OC(=O)CCC/C=C\C[C@@H]1[C@@H](CC[C@@H](O)CCc2ccccc2)[C@H](O)C[C@@H]1O.C#CCC(CC#C)COC(=O)CCC/C=C\C[C@@H]1[C@@H](/C=C/[C@@H](O)COc2cccc(C(F)(F)F)c2)[C@H](O)C[C@@H]1O. The summed E-state index contributed by atoms with van der Waals surface area (Å²) in [7, 11) is 0. The molecule has 418 valence electrons. The third kappa shape index (κ3) is 25.3. The van der Waals surface area contributed by atoms with E-state index in [1.165, 1.54) is 23.8 Å². The molecule has 2 fully saturated rings. The molecule has 0 heterocycles. The first-order chi connectivity index (χ1) is 36.9. The van der Waals surface area contributed by atoms with E-state index in [1.807, 2.05) is 54.6 Å². The van der Waals surface area contributed by atoms with E-state index in [2.05, 4.69) is 23.7 Å². The minimum atomic E-state index is -4.50. The summed E-state index contributed by atoms with van der Waals surface area (Å²) >= 11 is 0. The Morgan fingerprint density at radius 3 is 1.90 bits per heavy atom. The van der Waals surface area contributed by atoms with Gasteiger partial charge in [0, 0.05) is 56.8 Å². The average Bonchev–Trinajstić information content (AvgIpc) is 3.84. The fourth-order valence-corrected chi connectivity index (χ4v) is 9.42. The zero-order chi connectivity index (χ0) is 56.6. The number of alkyl halides is 3. The Balaban J connectivity index is 0.000000406. The maximum atomic E-state index is 12.8. The number of allylic oxidation sites excluding steroid dienone is 4. The van der Waals surface area contributed by atoms with Gasteiger partial charge in [0.15, 0.2) is 0 Å². The summed E-state index contributed by atoms with van der Waals surface area (Å²) in [6.45, 7) is -0.0728. The smallest absolute Gasteiger partial charge is 0.416 e. The first kappa shape index (κ1) is 65.1. The topological polar surface area (TPSA) is 200 Å². The van der Waals surface area contributed by atoms with Crippen molar-refractivity contribution in [3.05, 3.63) is 102 Å². The van der Waals surface area contributed by atoms with Crippen molar-refractivity contribution >= 4 is 17.9 Å². The Hall–Kier alpha value is -6.14. The number of halogens is 3. The number of hydrogen-bond donors (Lipinski definition) is 6. The Morgan fingerprint density at radius 1 is 0.688 bits per heavy atom. The van der Waals surface area contributed by atoms with Crippen LogP contribution in [-0.4, -0.2) is 98.4 Å². The predicted molar refractivity (Wildman–Crippen MR) is 287 cm³/mol. The largest absolute Gasteiger partial charge is 0.491 e. The van der Waals surface area contributed by atoms with Crippen molar-refractivity contribution in [3.63, 3.8) is 0 Å². The van der Waals surface area contributed by atoms with Crippen LogP contribution in [0.15, 0.2) is 91.1 Å². The summed E-state index contributed by atoms with van der Waals surface area (Å²) < 4.78 is 53.9. The molecule has 2 saturated carbocycles. The molecule has 0 spiro atoms. The number of aliphatic hydroxyl groups excluding tert-OH is 6. The molecular weight excluding hydrogens is 994 g/mol. The van der Waals surface area contributed by atoms with Gasteiger partial charge in [-0.25, -0.2) is 0 Å². The van der Waals surface area contributed by atoms with E-state index in [-0.39, 0.29) is 80.7 Å². The van der Waals surface area contributed by atoms with Crippen LogP contribution in [0.25, 0.3) is 0 Å². The second-order valence-corrected chi connectivity index (χ2v) is 19.7. The first-order valence-corrected chi connectivity index (χ1v) is 26.4. The van der Waals surface area contributed by atoms with Crippen molar-refractivity contribution in [1.82, 2.24) is 0 Å². The fraction of sp³-hybridized carbons (Fsp3) is 0.532. The standard InChI is InChI=1S/C31H37F3O6.C31H40O6/c1-3-10-22(11-4-2)20-40-30(38)15-8-6-5-7-14-26-27(29(37)19-28(26)36)17-16-24(35)21-39-25-13-9-12-23(18-25)31(32,33)34;1-3-12-24(13-4-2)31(36)37-30(35)17-11-6-5-10-16-26-27(29(34)22-28(26)33)21-20-25(32)19-18-23-14-8-7-9-15-23/h1-2,5,7,9,12-13,16-18,22,24,26-29,35-37H,6,8,10-11,14-15,19-21H2;1-2,5,7-10,14-15,24-29,32-34H,6,11-13,16-22H2/b7-5-,17-16+;10-5-/t24-,26-,27-,28+,29-;25-,26+,27+,28-,29+/m10/s1. The third-order valence-electron chi connectivity index (χ3n) is 13.7. The molecule has 2 aromatic rings. The van der Waals surface area contributed by atoms with Crippen LogP contribution in [0.5, 0.6) is 5.75 Å². The highest BCUT2D eigenvalue weighted by atomic mass is 19.4. The van der Waals surface area contributed by atoms with Crippen LogP contribution in [0, 0.1) is 84.9 Å². The van der Waals surface area contributed by atoms with E-state index in [1.54, 1.807) is 6.08 Å². The molecule has 0 aromatic heterocycles. The van der Waals surface area contributed by atoms with Crippen LogP contribution in [0.3, 0.4) is 0 Å². The van der Waals surface area contributed by atoms with E-state index in [4.69, 9.17) is 39.9 Å². The highest BCUT2D eigenvalue weighted by Crippen LogP contribution is 2.39. The lowest BCUT2D eigenvalue weighted by Crippen LogP contribution is -2.23. The Kier molecular flexibility index (Phi) is 30.5. The highest BCUT2D eigenvalue weighted by Gasteiger charge is 2.41. The molecule has 0 bridgehead atoms. The van der Waals surface area contributed by atoms with Crippen LogP contribution in [0.2, 0.25) is 0 Å². The van der Waals surface area contributed by atoms with Crippen LogP contribution >= 0.6 is 0 Å². The van der Waals surface area contributed by atoms with Gasteiger partial charge in [-0.15, -0.1) is 49.4 Å². The second-order valence-electron chi connectivity index (χ2n) is 19.7. The lowest BCUT2D eigenvalue weighted by atomic mass is 9.85. The third-order valence-corrected chi connectivity index (χ3v) is 13.7. The van der Waals surface area contributed by atoms with Gasteiger partial charge in [0.1, 0.15) is 18.5 Å². The van der Waals surface area contributed by atoms with Gasteiger partial charge in [-0.05, 0) is 112 Å². The number of aryl methyl sites for hydroxylation is 1. The molecule has 0 radical (unpaired) electrons. The summed E-state index contributed by atoms with van der Waals surface area (Å²) in [4.78, 5) is 35.9. The zero-order valence-electron chi connectivity index (χ0n) is 43.8. The number of esters is 3. The normalized spacial score (nSPS) is 22.0. The quantitative estimate of drug-likeness (QED) is 0.0143. The number of aliphatic hydroxyl groups is 6. The van der Waals surface area contributed by atoms with E-state index < -0.39 is 72.1 Å². The van der Waals surface area contributed by atoms with Gasteiger partial charge in [0.05, 0.1) is 48.6 Å². The second kappa shape index (κ2) is 36.0. The van der Waals surface area contributed by atoms with Gasteiger partial charge in [0.25, 0.3) is 0 Å². The maximum absolute atomic E-state index is 12.8. The minimum absolute atomic E-state index is 0.0214. The van der Waals surface area contributed by atoms with Gasteiger partial charge >= 0.3 is 24.1 Å². The van der Waals surface area contributed by atoms with Crippen molar-refractivity contribution in [1.29, 1.82) is 0 Å². The number of ether oxygens (including phenoxy) is 3. The van der Waals surface area contributed by atoms with Gasteiger partial charge in [-0.2, -0.15) is 13.2 Å². The van der Waals surface area contributed by atoms with Crippen molar-refractivity contribution < 1.29 is 72.4 Å². The molecule has 77 heavy (non-hydrogen) atoms. The summed E-state index contributed by atoms with van der Waals surface area (Å²) in [6, 6.07) is 14.4. The van der Waals surface area contributed by atoms with E-state index in [0.717, 1.165) is 18.6 Å². The lowest BCUT2D eigenvalue weighted by Gasteiger charge is -2.23. The fourth-order valence-electron chi connectivity index (χ4n) is 9.42. The highest BCUT2D eigenvalue weighted by molar-refractivity contribution is 5.87. The number of hydrogen-bond acceptors (Lipinski definition) is 12. The Bertz CT molecular complexity index is 2300. The van der Waals surface area contributed by atoms with Crippen molar-refractivity contribution in [2.45, 2.75) is 158 Å². The number of rotatable bonds is 30. The summed E-state index contributed by atoms with van der Waals surface area (Å²) in [5.74, 6) is 6.62. The van der Waals surface area contributed by atoms with Gasteiger partial charge in [0.2, 0.25) is 0 Å². The molecule has 6 N–H and O–H groups in total. The van der Waals surface area contributed by atoms with E-state index in [9.17, 15) is 58.2 Å². The molecule has 0 unspecified atom stereocenters. The van der Waals surface area contributed by atoms with Crippen molar-refractivity contribution in [3.8, 4) is 55.1 Å². The summed E-state index contributed by atoms with van der Waals surface area (Å²) in [6.07, 6.45) is 31.3. The van der Waals surface area contributed by atoms with Gasteiger partial charge in [-0.3, -0.25) is 14.4 Å². The van der Waals surface area contributed by atoms with Crippen LogP contribution in [0.4, 0.5) is 13.2 Å². The maximum Gasteiger partial charge on any atom is 0.416 e. The van der Waals surface area contributed by atoms with Crippen LogP contribution < -0.4 is 4.74 Å². The minimum Gasteiger partial charge on any atom is -0.491 e. The Morgan fingerprint density at radius 2 is 1.27 bits per heavy atom. The molecule has 10 atom stereocenters. The Labute approximate surface area is 453 Å². The predicted octanol–water partition coefficient (Wildman–Crippen LogP) is 8.65. The van der Waals surface area contributed by atoms with Gasteiger partial charge < -0.3 is 44.8 Å². The summed E-state index contributed by atoms with van der Waals surface area (Å²) in [5, 5.41) is 62.4. The molecule has 15 heteroatoms. The van der Waals surface area contributed by atoms with Gasteiger partial charge in [-0.1, -0.05) is 72.9 Å². The van der Waals surface area contributed by atoms with Crippen molar-refractivity contribution in [2.24, 2.45) is 35.5 Å². The number of benzene rings is 2. The van der Waals surface area contributed by atoms with Crippen molar-refractivity contribution in [2.75, 3.05) is 13.2 Å². The molecule has 12 nitrogen and oxygen atoms in total. The van der Waals surface area contributed by atoms with E-state index in [0.29, 0.717) is 77.0 Å². The summed E-state index contributed by atoms with van der Waals surface area (Å²) in [5.41, 5.74) is 0.344. The zero-order valence-corrected chi connectivity index (χ0v) is 43.8. The molecule has 0 saturated heterocycles. The molecule has 2 aliphatic carbocycles. The molecular formula is C62H77F3O12. The molecule has 0 aliphatic heterocycles. The van der Waals surface area contributed by atoms with E-state index >= 15 is 0 Å². The number of terminal acetylenes is 4. The van der Waals surface area contributed by atoms with Crippen LogP contribution in [0.1, 0.15) is 120 Å². The molecule has 4 rings (SSSR count). The van der Waals surface area contributed by atoms with Crippen LogP contribution in [-0.2, 0) is 36.5 Å². The number of unbranched alkanes of at least 4 members (excludes halogenated alkanes) is 2. The average molecular weight is 1070 g/mol. The number of carbonyl (C=O) groups is 3. The monoisotopic (exact) mass is 1070 g/mol. The first-order valence-electron chi connectivity index (χ1n) is 26.4. The number of carbonyl (C=O) groups excluding carboxylic acids is 3.